The highest BCUT2D eigenvalue weighted by atomic mass is 19.4. The second-order valence-electron chi connectivity index (χ2n) is 3.89. The van der Waals surface area contributed by atoms with E-state index in [1.165, 1.54) is 12.1 Å². The van der Waals surface area contributed by atoms with E-state index in [4.69, 9.17) is 5.11 Å². The van der Waals surface area contributed by atoms with E-state index in [0.717, 1.165) is 18.4 Å². The summed E-state index contributed by atoms with van der Waals surface area (Å²) in [6, 6.07) is 6.04. The molecule has 0 aromatic heterocycles. The highest BCUT2D eigenvalue weighted by Gasteiger charge is 2.39. The Hall–Kier alpha value is -1.03. The molecule has 1 N–H and O–H groups in total. The van der Waals surface area contributed by atoms with Gasteiger partial charge >= 0.3 is 6.18 Å². The molecule has 0 unspecified atom stereocenters. The van der Waals surface area contributed by atoms with Gasteiger partial charge in [-0.1, -0.05) is 24.3 Å². The van der Waals surface area contributed by atoms with E-state index in [-0.39, 0.29) is 5.56 Å². The number of hydrogen-bond donors (Lipinski definition) is 1. The zero-order chi connectivity index (χ0) is 11.1. The minimum absolute atomic E-state index is 0.0908. The fourth-order valence-electron chi connectivity index (χ4n) is 1.56. The summed E-state index contributed by atoms with van der Waals surface area (Å²) < 4.78 is 36.5. The van der Waals surface area contributed by atoms with Gasteiger partial charge in [0.25, 0.3) is 0 Å². The van der Waals surface area contributed by atoms with Gasteiger partial charge in [0.1, 0.15) is 0 Å². The largest absolute Gasteiger partial charge is 0.418 e. The lowest BCUT2D eigenvalue weighted by molar-refractivity contribution is -0.206. The average Bonchev–Trinajstić information content (AvgIpc) is 2.99. The van der Waals surface area contributed by atoms with Gasteiger partial charge in [-0.3, -0.25) is 0 Å². The third kappa shape index (κ3) is 2.31. The molecule has 0 bridgehead atoms. The minimum atomic E-state index is -4.58. The summed E-state index contributed by atoms with van der Waals surface area (Å²) in [6.07, 6.45) is -4.73. The molecular weight excluding hydrogens is 205 g/mol. The van der Waals surface area contributed by atoms with Crippen molar-refractivity contribution >= 4 is 0 Å². The first kappa shape index (κ1) is 10.5. The molecule has 1 aromatic carbocycles. The molecule has 2 rings (SSSR count). The van der Waals surface area contributed by atoms with Crippen molar-refractivity contribution in [3.8, 4) is 0 Å². The van der Waals surface area contributed by atoms with Crippen LogP contribution in [0, 0.1) is 0 Å². The molecule has 0 heterocycles. The first-order chi connectivity index (χ1) is 6.98. The van der Waals surface area contributed by atoms with Gasteiger partial charge in [0.2, 0.25) is 0 Å². The molecule has 4 heteroatoms. The van der Waals surface area contributed by atoms with E-state index in [2.05, 4.69) is 0 Å². The Morgan fingerprint density at radius 2 is 1.67 bits per heavy atom. The average molecular weight is 216 g/mol. The maximum Gasteiger partial charge on any atom is 0.418 e. The lowest BCUT2D eigenvalue weighted by atomic mass is 10.0. The molecule has 0 radical (unpaired) electrons. The third-order valence-corrected chi connectivity index (χ3v) is 2.61. The molecule has 0 saturated heterocycles. The van der Waals surface area contributed by atoms with Crippen LogP contribution in [0.5, 0.6) is 0 Å². The number of benzene rings is 1. The maximum atomic E-state index is 12.2. The van der Waals surface area contributed by atoms with Crippen molar-refractivity contribution in [2.75, 3.05) is 0 Å². The molecule has 1 aliphatic rings. The van der Waals surface area contributed by atoms with Crippen molar-refractivity contribution in [1.29, 1.82) is 0 Å². The molecule has 1 fully saturated rings. The zero-order valence-corrected chi connectivity index (χ0v) is 7.96. The Balaban J connectivity index is 2.15. The number of rotatable bonds is 2. The summed E-state index contributed by atoms with van der Waals surface area (Å²) in [4.78, 5) is 0. The Morgan fingerprint density at radius 1 is 1.13 bits per heavy atom. The normalized spacial score (nSPS) is 18.9. The van der Waals surface area contributed by atoms with Gasteiger partial charge < -0.3 is 5.11 Å². The van der Waals surface area contributed by atoms with Gasteiger partial charge in [-0.25, -0.2) is 0 Å². The van der Waals surface area contributed by atoms with Gasteiger partial charge in [-0.05, 0) is 29.9 Å². The lowest BCUT2D eigenvalue weighted by Gasteiger charge is -2.14. The molecule has 15 heavy (non-hydrogen) atoms. The number of aliphatic hydroxyl groups is 1. The van der Waals surface area contributed by atoms with Crippen molar-refractivity contribution in [1.82, 2.24) is 0 Å². The number of halogens is 3. The third-order valence-electron chi connectivity index (χ3n) is 2.61. The Labute approximate surface area is 85.5 Å². The molecular formula is C11H11F3O. The molecule has 0 aliphatic heterocycles. The summed E-state index contributed by atoms with van der Waals surface area (Å²) in [6.45, 7) is 0. The van der Waals surface area contributed by atoms with Crippen LogP contribution in [0.15, 0.2) is 24.3 Å². The van der Waals surface area contributed by atoms with Gasteiger partial charge in [0.15, 0.2) is 6.10 Å². The monoisotopic (exact) mass is 216 g/mol. The van der Waals surface area contributed by atoms with Crippen molar-refractivity contribution in [2.24, 2.45) is 0 Å². The van der Waals surface area contributed by atoms with Crippen LogP contribution < -0.4 is 0 Å². The van der Waals surface area contributed by atoms with Crippen LogP contribution >= 0.6 is 0 Å². The second kappa shape index (κ2) is 3.52. The molecule has 1 atom stereocenters. The Morgan fingerprint density at radius 3 is 2.07 bits per heavy atom. The van der Waals surface area contributed by atoms with Crippen molar-refractivity contribution in [3.05, 3.63) is 35.4 Å². The van der Waals surface area contributed by atoms with E-state index in [1.54, 1.807) is 12.1 Å². The molecule has 1 aromatic rings. The molecule has 1 aliphatic carbocycles. The van der Waals surface area contributed by atoms with Crippen molar-refractivity contribution in [2.45, 2.75) is 31.0 Å². The van der Waals surface area contributed by atoms with E-state index < -0.39 is 12.3 Å². The molecule has 82 valence electrons. The van der Waals surface area contributed by atoms with Crippen LogP contribution in [-0.4, -0.2) is 11.3 Å². The summed E-state index contributed by atoms with van der Waals surface area (Å²) >= 11 is 0. The van der Waals surface area contributed by atoms with Crippen LogP contribution in [0.4, 0.5) is 13.2 Å². The first-order valence-electron chi connectivity index (χ1n) is 4.83. The van der Waals surface area contributed by atoms with Gasteiger partial charge in [0.05, 0.1) is 0 Å². The maximum absolute atomic E-state index is 12.2. The van der Waals surface area contributed by atoms with E-state index in [9.17, 15) is 13.2 Å². The highest BCUT2D eigenvalue weighted by Crippen LogP contribution is 2.40. The Kier molecular flexibility index (Phi) is 2.46. The molecule has 0 spiro atoms. The first-order valence-corrected chi connectivity index (χ1v) is 4.83. The van der Waals surface area contributed by atoms with E-state index >= 15 is 0 Å². The van der Waals surface area contributed by atoms with Gasteiger partial charge in [-0.2, -0.15) is 13.2 Å². The SMILES string of the molecule is O[C@@H](c1ccc(C2CC2)cc1)C(F)(F)F. The standard InChI is InChI=1S/C11H11F3O/c12-11(13,14)10(15)9-5-3-8(4-6-9)7-1-2-7/h3-7,10,15H,1-2H2/t10-/m0/s1. The number of hydrogen-bond acceptors (Lipinski definition) is 1. The van der Waals surface area contributed by atoms with E-state index in [1.807, 2.05) is 0 Å². The van der Waals surface area contributed by atoms with Crippen molar-refractivity contribution < 1.29 is 18.3 Å². The van der Waals surface area contributed by atoms with Crippen LogP contribution in [0.2, 0.25) is 0 Å². The van der Waals surface area contributed by atoms with Gasteiger partial charge in [-0.15, -0.1) is 0 Å². The van der Waals surface area contributed by atoms with Crippen LogP contribution in [-0.2, 0) is 0 Å². The van der Waals surface area contributed by atoms with Crippen LogP contribution in [0.25, 0.3) is 0 Å². The molecule has 1 nitrogen and oxygen atoms in total. The van der Waals surface area contributed by atoms with Crippen LogP contribution in [0.3, 0.4) is 0 Å². The minimum Gasteiger partial charge on any atom is -0.379 e. The topological polar surface area (TPSA) is 20.2 Å². The van der Waals surface area contributed by atoms with E-state index in [0.29, 0.717) is 5.92 Å². The number of alkyl halides is 3. The summed E-state index contributed by atoms with van der Waals surface area (Å²) in [5.74, 6) is 0.516. The van der Waals surface area contributed by atoms with Crippen molar-refractivity contribution in [3.63, 3.8) is 0 Å². The Bertz CT molecular complexity index is 338. The second-order valence-corrected chi connectivity index (χ2v) is 3.89. The summed E-state index contributed by atoms with van der Waals surface area (Å²) in [7, 11) is 0. The lowest BCUT2D eigenvalue weighted by Crippen LogP contribution is -2.20. The zero-order valence-electron chi connectivity index (χ0n) is 7.96. The predicted octanol–water partition coefficient (Wildman–Crippen LogP) is 3.16. The fourth-order valence-corrected chi connectivity index (χ4v) is 1.56. The molecule has 0 amide bonds. The van der Waals surface area contributed by atoms with Crippen LogP contribution in [0.1, 0.15) is 36.0 Å². The summed E-state index contributed by atoms with van der Waals surface area (Å²) in [5, 5.41) is 8.98. The highest BCUT2D eigenvalue weighted by molar-refractivity contribution is 5.29. The molecule has 1 saturated carbocycles. The summed E-state index contributed by atoms with van der Waals surface area (Å²) in [5.41, 5.74) is 0.972. The quantitative estimate of drug-likeness (QED) is 0.805. The van der Waals surface area contributed by atoms with Gasteiger partial charge in [0, 0.05) is 0 Å². The smallest absolute Gasteiger partial charge is 0.379 e. The number of aliphatic hydroxyl groups excluding tert-OH is 1. The predicted molar refractivity (Wildman–Crippen MR) is 49.4 cm³/mol. The fraction of sp³-hybridized carbons (Fsp3) is 0.455.